The number of ether oxygens (including phenoxy) is 1. The number of benzene rings is 1. The summed E-state index contributed by atoms with van der Waals surface area (Å²) in [6, 6.07) is 4.49. The van der Waals surface area contributed by atoms with Crippen LogP contribution in [0.4, 0.5) is 4.39 Å². The maximum atomic E-state index is 12.1. The molecule has 0 aliphatic heterocycles. The van der Waals surface area contributed by atoms with Gasteiger partial charge < -0.3 is 10.1 Å². The first-order chi connectivity index (χ1) is 8.54. The Morgan fingerprint density at radius 3 is 2.72 bits per heavy atom. The van der Waals surface area contributed by atoms with Crippen LogP contribution >= 0.6 is 15.9 Å². The summed E-state index contributed by atoms with van der Waals surface area (Å²) in [4.78, 5) is 0. The van der Waals surface area contributed by atoms with Crippen molar-refractivity contribution < 1.29 is 9.13 Å². The van der Waals surface area contributed by atoms with Crippen LogP contribution in [0.25, 0.3) is 0 Å². The topological polar surface area (TPSA) is 21.3 Å². The number of alkyl halides is 1. The molecule has 0 amide bonds. The van der Waals surface area contributed by atoms with E-state index in [4.69, 9.17) is 4.74 Å². The minimum Gasteiger partial charge on any atom is -0.493 e. The van der Waals surface area contributed by atoms with Gasteiger partial charge >= 0.3 is 0 Å². The summed E-state index contributed by atoms with van der Waals surface area (Å²) in [7, 11) is 0. The maximum absolute atomic E-state index is 12.1. The fourth-order valence-corrected chi connectivity index (χ4v) is 2.30. The van der Waals surface area contributed by atoms with Crippen LogP contribution in [0.2, 0.25) is 0 Å². The van der Waals surface area contributed by atoms with Crippen LogP contribution in [0.5, 0.6) is 5.75 Å². The molecule has 1 N–H and O–H groups in total. The molecule has 4 heteroatoms. The number of hydrogen-bond acceptors (Lipinski definition) is 2. The Balaban J connectivity index is 2.83. The van der Waals surface area contributed by atoms with Crippen molar-refractivity contribution in [2.75, 3.05) is 13.3 Å². The van der Waals surface area contributed by atoms with Gasteiger partial charge in [0.05, 0.1) is 13.3 Å². The monoisotopic (exact) mass is 317 g/mol. The molecule has 1 rings (SSSR count). The van der Waals surface area contributed by atoms with E-state index in [-0.39, 0.29) is 6.67 Å². The second kappa shape index (κ2) is 7.74. The zero-order chi connectivity index (χ0) is 13.5. The lowest BCUT2D eigenvalue weighted by Gasteiger charge is -2.16. The third-order valence-corrected chi connectivity index (χ3v) is 3.00. The number of hydrogen-bond donors (Lipinski definition) is 1. The molecule has 0 aliphatic carbocycles. The van der Waals surface area contributed by atoms with E-state index in [9.17, 15) is 4.39 Å². The minimum absolute atomic E-state index is 0.338. The standard InChI is InChI=1S/C14H21BrFNO/c1-10(2)17-9-12-8-13(15)7-11(3)14(12)18-6-4-5-16/h7-8,10,17H,4-6,9H2,1-3H3. The van der Waals surface area contributed by atoms with Crippen LogP contribution in [-0.4, -0.2) is 19.3 Å². The first-order valence-electron chi connectivity index (χ1n) is 6.25. The number of nitrogens with one attached hydrogen (secondary N) is 1. The Morgan fingerprint density at radius 2 is 2.11 bits per heavy atom. The highest BCUT2D eigenvalue weighted by atomic mass is 79.9. The van der Waals surface area contributed by atoms with E-state index >= 15 is 0 Å². The Bertz CT molecular complexity index is 382. The van der Waals surface area contributed by atoms with Gasteiger partial charge in [-0.3, -0.25) is 4.39 Å². The summed E-state index contributed by atoms with van der Waals surface area (Å²) < 4.78 is 18.9. The Labute approximate surface area is 117 Å². The molecule has 1 aromatic carbocycles. The third kappa shape index (κ3) is 4.94. The van der Waals surface area contributed by atoms with Gasteiger partial charge in [-0.05, 0) is 24.6 Å². The molecule has 0 heterocycles. The first-order valence-corrected chi connectivity index (χ1v) is 7.05. The summed E-state index contributed by atoms with van der Waals surface area (Å²) in [5, 5.41) is 3.37. The van der Waals surface area contributed by atoms with E-state index in [1.807, 2.05) is 19.1 Å². The van der Waals surface area contributed by atoms with Gasteiger partial charge in [-0.25, -0.2) is 0 Å². The summed E-state index contributed by atoms with van der Waals surface area (Å²) in [5.74, 6) is 0.875. The average Bonchev–Trinajstić information content (AvgIpc) is 2.29. The molecule has 0 radical (unpaired) electrons. The zero-order valence-corrected chi connectivity index (χ0v) is 12.8. The lowest BCUT2D eigenvalue weighted by atomic mass is 10.1. The molecule has 102 valence electrons. The third-order valence-electron chi connectivity index (χ3n) is 2.54. The van der Waals surface area contributed by atoms with Gasteiger partial charge in [0.15, 0.2) is 0 Å². The van der Waals surface area contributed by atoms with E-state index < -0.39 is 0 Å². The van der Waals surface area contributed by atoms with E-state index in [0.29, 0.717) is 19.1 Å². The first kappa shape index (κ1) is 15.4. The predicted octanol–water partition coefficient (Wildman–Crippen LogP) is 3.99. The molecule has 0 atom stereocenters. The highest BCUT2D eigenvalue weighted by Crippen LogP contribution is 2.28. The van der Waals surface area contributed by atoms with Gasteiger partial charge in [0.1, 0.15) is 5.75 Å². The molecule has 0 unspecified atom stereocenters. The minimum atomic E-state index is -0.338. The second-order valence-corrected chi connectivity index (χ2v) is 5.55. The van der Waals surface area contributed by atoms with Crippen molar-refractivity contribution in [1.82, 2.24) is 5.32 Å². The molecular formula is C14H21BrFNO. The van der Waals surface area contributed by atoms with Gasteiger partial charge in [-0.2, -0.15) is 0 Å². The summed E-state index contributed by atoms with van der Waals surface area (Å²) in [6.07, 6.45) is 0.437. The van der Waals surface area contributed by atoms with Crippen LogP contribution in [0.3, 0.4) is 0 Å². The summed E-state index contributed by atoms with van der Waals surface area (Å²) in [6.45, 7) is 7.06. The van der Waals surface area contributed by atoms with Crippen LogP contribution < -0.4 is 10.1 Å². The lowest BCUT2D eigenvalue weighted by Crippen LogP contribution is -2.22. The quantitative estimate of drug-likeness (QED) is 0.768. The van der Waals surface area contributed by atoms with Gasteiger partial charge in [-0.1, -0.05) is 29.8 Å². The Kier molecular flexibility index (Phi) is 6.65. The van der Waals surface area contributed by atoms with Crippen molar-refractivity contribution >= 4 is 15.9 Å². The van der Waals surface area contributed by atoms with Crippen LogP contribution in [0.1, 0.15) is 31.4 Å². The van der Waals surface area contributed by atoms with E-state index in [0.717, 1.165) is 27.9 Å². The number of rotatable bonds is 7. The van der Waals surface area contributed by atoms with Gasteiger partial charge in [0, 0.05) is 29.0 Å². The predicted molar refractivity (Wildman–Crippen MR) is 76.9 cm³/mol. The second-order valence-electron chi connectivity index (χ2n) is 4.64. The highest BCUT2D eigenvalue weighted by Gasteiger charge is 2.09. The normalized spacial score (nSPS) is 11.0. The maximum Gasteiger partial charge on any atom is 0.126 e. The Hall–Kier alpha value is -0.610. The Morgan fingerprint density at radius 1 is 1.39 bits per heavy atom. The van der Waals surface area contributed by atoms with Crippen LogP contribution in [0.15, 0.2) is 16.6 Å². The molecule has 0 saturated carbocycles. The smallest absolute Gasteiger partial charge is 0.126 e. The molecule has 2 nitrogen and oxygen atoms in total. The van der Waals surface area contributed by atoms with Gasteiger partial charge in [-0.15, -0.1) is 0 Å². The van der Waals surface area contributed by atoms with Crippen molar-refractivity contribution in [3.8, 4) is 5.75 Å². The molecule has 0 aliphatic rings. The number of aryl methyl sites for hydroxylation is 1. The van der Waals surface area contributed by atoms with E-state index in [1.54, 1.807) is 0 Å². The van der Waals surface area contributed by atoms with Crippen molar-refractivity contribution in [3.63, 3.8) is 0 Å². The van der Waals surface area contributed by atoms with Crippen LogP contribution in [0, 0.1) is 6.92 Å². The van der Waals surface area contributed by atoms with Crippen molar-refractivity contribution in [1.29, 1.82) is 0 Å². The summed E-state index contributed by atoms with van der Waals surface area (Å²) >= 11 is 3.49. The SMILES string of the molecule is Cc1cc(Br)cc(CNC(C)C)c1OCCCF. The molecule has 0 spiro atoms. The zero-order valence-electron chi connectivity index (χ0n) is 11.2. The van der Waals surface area contributed by atoms with Gasteiger partial charge in [0.25, 0.3) is 0 Å². The fraction of sp³-hybridized carbons (Fsp3) is 0.571. The van der Waals surface area contributed by atoms with Crippen molar-refractivity contribution in [2.45, 2.75) is 39.8 Å². The molecule has 0 fully saturated rings. The van der Waals surface area contributed by atoms with Crippen molar-refractivity contribution in [3.05, 3.63) is 27.7 Å². The number of halogens is 2. The van der Waals surface area contributed by atoms with E-state index in [1.165, 1.54) is 0 Å². The fourth-order valence-electron chi connectivity index (χ4n) is 1.68. The molecular weight excluding hydrogens is 297 g/mol. The molecule has 1 aromatic rings. The lowest BCUT2D eigenvalue weighted by molar-refractivity contribution is 0.284. The average molecular weight is 318 g/mol. The van der Waals surface area contributed by atoms with Gasteiger partial charge in [0.2, 0.25) is 0 Å². The van der Waals surface area contributed by atoms with E-state index in [2.05, 4.69) is 35.1 Å². The molecule has 0 aromatic heterocycles. The highest BCUT2D eigenvalue weighted by molar-refractivity contribution is 9.10. The molecule has 0 bridgehead atoms. The van der Waals surface area contributed by atoms with Crippen LogP contribution in [-0.2, 0) is 6.54 Å². The molecule has 18 heavy (non-hydrogen) atoms. The molecule has 0 saturated heterocycles. The summed E-state index contributed by atoms with van der Waals surface area (Å²) in [5.41, 5.74) is 2.18. The largest absolute Gasteiger partial charge is 0.493 e. The van der Waals surface area contributed by atoms with Crippen molar-refractivity contribution in [2.24, 2.45) is 0 Å².